The van der Waals surface area contributed by atoms with Gasteiger partial charge in [-0.3, -0.25) is 7.32 Å². The van der Waals surface area contributed by atoms with Gasteiger partial charge in [0, 0.05) is 33.9 Å². The van der Waals surface area contributed by atoms with Gasteiger partial charge in [-0.1, -0.05) is 0 Å². The lowest BCUT2D eigenvalue weighted by Gasteiger charge is -2.35. The van der Waals surface area contributed by atoms with Crippen LogP contribution in [0.15, 0.2) is 0 Å². The van der Waals surface area contributed by atoms with Crippen LogP contribution < -0.4 is 15.1 Å². The summed E-state index contributed by atoms with van der Waals surface area (Å²) in [6.45, 7) is 9.19. The molecule has 5 heteroatoms. The first-order valence-corrected chi connectivity index (χ1v) is 6.07. The molecule has 3 nitrogen and oxygen atoms in total. The summed E-state index contributed by atoms with van der Waals surface area (Å²) >= 11 is 0. The highest BCUT2D eigenvalue weighted by Crippen LogP contribution is 2.40. The Bertz CT molecular complexity index is 60.1. The van der Waals surface area contributed by atoms with Crippen molar-refractivity contribution in [2.24, 2.45) is 0 Å². The van der Waals surface area contributed by atoms with E-state index in [2.05, 4.69) is 26.7 Å². The molecule has 0 fully saturated rings. The van der Waals surface area contributed by atoms with Gasteiger partial charge in [0.15, 0.2) is 0 Å². The van der Waals surface area contributed by atoms with Gasteiger partial charge < -0.3 is 15.1 Å². The molecule has 0 aromatic carbocycles. The van der Waals surface area contributed by atoms with E-state index >= 15 is 0 Å². The average Bonchev–Trinajstić information content (AvgIpc) is 1.19. The van der Waals surface area contributed by atoms with E-state index in [-0.39, 0.29) is 10.1 Å². The van der Waals surface area contributed by atoms with Crippen LogP contribution in [0.2, 0.25) is 0 Å². The molecule has 0 bridgehead atoms. The minimum absolute atomic E-state index is 0. The Morgan fingerprint density at radius 3 is 1.00 bits per heavy atom. The summed E-state index contributed by atoms with van der Waals surface area (Å²) in [4.78, 5) is 0. The lowest BCUT2D eigenvalue weighted by atomic mass is 10.3. The zero-order valence-corrected chi connectivity index (χ0v) is 7.14. The van der Waals surface area contributed by atoms with Crippen LogP contribution in [-0.2, 0) is 0 Å². The van der Waals surface area contributed by atoms with Crippen molar-refractivity contribution < 1.29 is 17.9 Å². The van der Waals surface area contributed by atoms with Gasteiger partial charge in [0.25, 0.3) is 0 Å². The SMILES string of the molecule is C[P+](C)(C)C.[H+].[H+].[O-]B([O-])[O-]. The summed E-state index contributed by atoms with van der Waals surface area (Å²) in [5, 5.41) is 25.2. The van der Waals surface area contributed by atoms with E-state index in [4.69, 9.17) is 15.1 Å². The smallest absolute Gasteiger partial charge is 0.907 e. The Balaban J connectivity index is -0.0000000383. The monoisotopic (exact) mass is 152 g/mol. The topological polar surface area (TPSA) is 69.2 Å². The highest BCUT2D eigenvalue weighted by atomic mass is 31.2. The molecule has 0 aromatic rings. The molecular weight excluding hydrogens is 138 g/mol. The van der Waals surface area contributed by atoms with E-state index in [1.807, 2.05) is 0 Å². The van der Waals surface area contributed by atoms with Gasteiger partial charge >= 0.3 is 2.85 Å². The van der Waals surface area contributed by atoms with E-state index in [9.17, 15) is 0 Å². The van der Waals surface area contributed by atoms with Crippen LogP contribution in [0.1, 0.15) is 2.85 Å². The lowest BCUT2D eigenvalue weighted by Crippen LogP contribution is -2.56. The fraction of sp³-hybridized carbons (Fsp3) is 1.00. The van der Waals surface area contributed by atoms with Gasteiger partial charge in [0.2, 0.25) is 0 Å². The molecule has 0 radical (unpaired) electrons. The second kappa shape index (κ2) is 5.18. The minimum Gasteiger partial charge on any atom is -0.907 e. The molecule has 0 atom stereocenters. The molecule has 56 valence electrons. The first kappa shape index (κ1) is 12.1. The summed E-state index contributed by atoms with van der Waals surface area (Å²) in [5.74, 6) is 0. The maximum absolute atomic E-state index is 8.42. The van der Waals surface area contributed by atoms with Crippen LogP contribution in [0.3, 0.4) is 0 Å². The van der Waals surface area contributed by atoms with Crippen LogP contribution in [0, 0.1) is 0 Å². The van der Waals surface area contributed by atoms with Crippen molar-refractivity contribution in [1.29, 1.82) is 0 Å². The van der Waals surface area contributed by atoms with Gasteiger partial charge in [0.1, 0.15) is 0 Å². The molecule has 0 saturated carbocycles. The Labute approximate surface area is 60.2 Å². The summed E-state index contributed by atoms with van der Waals surface area (Å²) in [6.07, 6.45) is 0. The van der Waals surface area contributed by atoms with Crippen molar-refractivity contribution in [2.45, 2.75) is 0 Å². The molecule has 0 aliphatic rings. The summed E-state index contributed by atoms with van der Waals surface area (Å²) in [6, 6.07) is 0. The van der Waals surface area contributed by atoms with E-state index in [1.54, 1.807) is 0 Å². The van der Waals surface area contributed by atoms with Gasteiger partial charge in [-0.2, -0.15) is 0 Å². The first-order valence-electron chi connectivity index (χ1n) is 2.50. The molecule has 0 unspecified atom stereocenters. The van der Waals surface area contributed by atoms with E-state index in [1.165, 1.54) is 0 Å². The van der Waals surface area contributed by atoms with Crippen molar-refractivity contribution in [2.75, 3.05) is 26.7 Å². The molecule has 0 aliphatic heterocycles. The van der Waals surface area contributed by atoms with Crippen LogP contribution in [0.5, 0.6) is 0 Å². The van der Waals surface area contributed by atoms with Gasteiger partial charge in [-0.25, -0.2) is 0 Å². The zero-order valence-electron chi connectivity index (χ0n) is 8.25. The fourth-order valence-electron chi connectivity index (χ4n) is 0. The summed E-state index contributed by atoms with van der Waals surface area (Å²) in [7, 11) is -3.31. The third-order valence-corrected chi connectivity index (χ3v) is 0. The standard InChI is InChI=1S/C4H12P.BO3/c1-5(2,3)4;2-1(3)4/h1-4H3;/q+1;-3/p+2. The van der Waals surface area contributed by atoms with Gasteiger partial charge in [-0.15, -0.1) is 0 Å². The highest BCUT2D eigenvalue weighted by molar-refractivity contribution is 7.72. The average molecular weight is 152 g/mol. The molecule has 0 amide bonds. The maximum atomic E-state index is 8.42. The highest BCUT2D eigenvalue weighted by Gasteiger charge is 2.03. The van der Waals surface area contributed by atoms with Crippen LogP contribution in [0.25, 0.3) is 0 Å². The van der Waals surface area contributed by atoms with Crippen LogP contribution in [0.4, 0.5) is 0 Å². The molecular formula is C4H14BO3P. The molecule has 0 spiro atoms. The predicted octanol–water partition coefficient (Wildman–Crippen LogP) is -2.20. The number of hydrogen-bond donors (Lipinski definition) is 0. The van der Waals surface area contributed by atoms with Crippen molar-refractivity contribution in [1.82, 2.24) is 0 Å². The zero-order chi connectivity index (χ0) is 8.08. The van der Waals surface area contributed by atoms with Crippen molar-refractivity contribution in [3.63, 3.8) is 0 Å². The minimum atomic E-state index is -2.92. The Morgan fingerprint density at radius 1 is 1.00 bits per heavy atom. The van der Waals surface area contributed by atoms with E-state index in [0.29, 0.717) is 0 Å². The van der Waals surface area contributed by atoms with E-state index < -0.39 is 7.32 Å². The Hall–Kier alpha value is 0.375. The van der Waals surface area contributed by atoms with Gasteiger partial charge in [-0.05, 0) is 0 Å². The number of rotatable bonds is 0. The van der Waals surface area contributed by atoms with E-state index in [0.717, 1.165) is 0 Å². The van der Waals surface area contributed by atoms with Gasteiger partial charge in [0.05, 0.1) is 0 Å². The quantitative estimate of drug-likeness (QED) is 0.292. The molecule has 0 aromatic heterocycles. The van der Waals surface area contributed by atoms with Crippen molar-refractivity contribution in [3.8, 4) is 0 Å². The Kier molecular flexibility index (Phi) is 6.96. The lowest BCUT2D eigenvalue weighted by molar-refractivity contribution is -0.479. The summed E-state index contributed by atoms with van der Waals surface area (Å²) in [5.41, 5.74) is 0. The normalized spacial score (nSPS) is 9.67. The second-order valence-electron chi connectivity index (χ2n) is 2.97. The number of hydrogen-bond acceptors (Lipinski definition) is 3. The molecule has 0 saturated heterocycles. The Morgan fingerprint density at radius 2 is 1.00 bits per heavy atom. The van der Waals surface area contributed by atoms with Crippen LogP contribution in [-0.4, -0.2) is 34.0 Å². The third kappa shape index (κ3) is 2420. The fourth-order valence-corrected chi connectivity index (χ4v) is 0. The second-order valence-corrected chi connectivity index (χ2v) is 8.34. The summed E-state index contributed by atoms with van der Waals surface area (Å²) < 4.78 is 0. The predicted molar refractivity (Wildman–Crippen MR) is 38.6 cm³/mol. The van der Waals surface area contributed by atoms with Crippen molar-refractivity contribution >= 4 is 14.6 Å². The molecule has 0 heterocycles. The molecule has 0 rings (SSSR count). The third-order valence-electron chi connectivity index (χ3n) is 0. The first-order chi connectivity index (χ1) is 3.73. The molecule has 9 heavy (non-hydrogen) atoms. The maximum Gasteiger partial charge on any atom is 1.00 e. The van der Waals surface area contributed by atoms with Crippen molar-refractivity contribution in [3.05, 3.63) is 0 Å². The molecule has 0 aliphatic carbocycles. The van der Waals surface area contributed by atoms with Crippen LogP contribution >= 0.6 is 7.26 Å². The largest absolute Gasteiger partial charge is 1.00 e. The molecule has 0 N–H and O–H groups in total.